The van der Waals surface area contributed by atoms with Gasteiger partial charge in [-0.15, -0.1) is 0 Å². The van der Waals surface area contributed by atoms with E-state index in [9.17, 15) is 5.11 Å². The summed E-state index contributed by atoms with van der Waals surface area (Å²) in [4.78, 5) is 0. The third-order valence-electron chi connectivity index (χ3n) is 1.60. The molecule has 2 unspecified atom stereocenters. The van der Waals surface area contributed by atoms with Gasteiger partial charge in [0.25, 0.3) is 0 Å². The van der Waals surface area contributed by atoms with Crippen LogP contribution >= 0.6 is 0 Å². The molecule has 0 heterocycles. The molecule has 0 aromatic rings. The first-order valence-electron chi connectivity index (χ1n) is 4.68. The van der Waals surface area contributed by atoms with Crippen molar-refractivity contribution in [3.8, 4) is 0 Å². The average molecular weight is 217 g/mol. The number of hydrogen-bond acceptors (Lipinski definition) is 5. The molecule has 0 spiro atoms. The molecule has 0 aromatic heterocycles. The Bertz CT molecular complexity index is 219. The van der Waals surface area contributed by atoms with Crippen LogP contribution in [0.2, 0.25) is 0 Å². The maximum absolute atomic E-state index is 9.33. The monoisotopic (exact) mass is 217 g/mol. The van der Waals surface area contributed by atoms with Gasteiger partial charge in [-0.2, -0.15) is 0 Å². The summed E-state index contributed by atoms with van der Waals surface area (Å²) in [6.07, 6.45) is 1.01. The first kappa shape index (κ1) is 13.9. The zero-order chi connectivity index (χ0) is 11.8. The summed E-state index contributed by atoms with van der Waals surface area (Å²) in [5, 5.41) is 27.8. The molecule has 0 aliphatic rings. The van der Waals surface area contributed by atoms with Crippen molar-refractivity contribution in [3.05, 3.63) is 12.3 Å². The topological polar surface area (TPSA) is 112 Å². The van der Waals surface area contributed by atoms with Gasteiger partial charge in [-0.1, -0.05) is 0 Å². The van der Waals surface area contributed by atoms with Crippen LogP contribution in [-0.4, -0.2) is 41.1 Å². The molecular formula is C9H19N3O3. The van der Waals surface area contributed by atoms with Gasteiger partial charge in [-0.3, -0.25) is 5.41 Å². The number of ether oxygens (including phenoxy) is 1. The second kappa shape index (κ2) is 7.22. The van der Waals surface area contributed by atoms with Crippen molar-refractivity contribution in [2.24, 2.45) is 5.73 Å². The van der Waals surface area contributed by atoms with Gasteiger partial charge in [0, 0.05) is 6.20 Å². The van der Waals surface area contributed by atoms with E-state index in [4.69, 9.17) is 21.0 Å². The SMILES string of the molecule is CC(O)C(N/C=C\C(=N)N)O[C@@H](C)CO. The number of hydrogen-bond donors (Lipinski definition) is 5. The van der Waals surface area contributed by atoms with E-state index in [2.05, 4.69) is 5.32 Å². The molecule has 15 heavy (non-hydrogen) atoms. The van der Waals surface area contributed by atoms with Crippen LogP contribution in [-0.2, 0) is 4.74 Å². The standard InChI is InChI=1S/C9H19N3O3/c1-6(5-13)15-9(7(2)14)12-4-3-8(10)11/h3-4,6-7,9,12-14H,5H2,1-2H3,(H3,10,11)/b4-3-/t6-,7?,9?/m0/s1. The minimum Gasteiger partial charge on any atom is -0.394 e. The van der Waals surface area contributed by atoms with E-state index in [1.807, 2.05) is 0 Å². The number of nitrogens with one attached hydrogen (secondary N) is 2. The second-order valence-corrected chi connectivity index (χ2v) is 3.25. The van der Waals surface area contributed by atoms with Crippen LogP contribution < -0.4 is 11.1 Å². The molecule has 6 nitrogen and oxygen atoms in total. The summed E-state index contributed by atoms with van der Waals surface area (Å²) >= 11 is 0. The Labute approximate surface area is 89.2 Å². The van der Waals surface area contributed by atoms with Crippen LogP contribution in [0.3, 0.4) is 0 Å². The van der Waals surface area contributed by atoms with Gasteiger partial charge >= 0.3 is 0 Å². The van der Waals surface area contributed by atoms with Gasteiger partial charge in [0.2, 0.25) is 0 Å². The summed E-state index contributed by atoms with van der Waals surface area (Å²) < 4.78 is 5.27. The van der Waals surface area contributed by atoms with E-state index in [1.54, 1.807) is 13.8 Å². The van der Waals surface area contributed by atoms with Crippen molar-refractivity contribution in [1.82, 2.24) is 5.32 Å². The predicted octanol–water partition coefficient (Wildman–Crippen LogP) is -0.870. The molecule has 0 fully saturated rings. The summed E-state index contributed by atoms with van der Waals surface area (Å²) in [5.74, 6) is -0.0953. The zero-order valence-corrected chi connectivity index (χ0v) is 8.97. The molecule has 0 aromatic carbocycles. The highest BCUT2D eigenvalue weighted by atomic mass is 16.5. The summed E-state index contributed by atoms with van der Waals surface area (Å²) in [7, 11) is 0. The molecule has 0 aliphatic heterocycles. The van der Waals surface area contributed by atoms with Crippen molar-refractivity contribution in [2.45, 2.75) is 32.3 Å². The van der Waals surface area contributed by atoms with Crippen molar-refractivity contribution in [2.75, 3.05) is 6.61 Å². The fourth-order valence-corrected chi connectivity index (χ4v) is 0.818. The van der Waals surface area contributed by atoms with Gasteiger partial charge in [0.1, 0.15) is 5.84 Å². The first-order valence-corrected chi connectivity index (χ1v) is 4.68. The Balaban J connectivity index is 4.10. The highest BCUT2D eigenvalue weighted by Crippen LogP contribution is 2.00. The minimum atomic E-state index is -0.740. The summed E-state index contributed by atoms with van der Waals surface area (Å²) in [6.45, 7) is 3.12. The van der Waals surface area contributed by atoms with Crippen LogP contribution in [0.4, 0.5) is 0 Å². The third kappa shape index (κ3) is 6.89. The van der Waals surface area contributed by atoms with Crippen molar-refractivity contribution in [1.29, 1.82) is 5.41 Å². The third-order valence-corrected chi connectivity index (χ3v) is 1.60. The van der Waals surface area contributed by atoms with E-state index >= 15 is 0 Å². The molecule has 3 atom stereocenters. The van der Waals surface area contributed by atoms with E-state index in [-0.39, 0.29) is 18.5 Å². The maximum Gasteiger partial charge on any atom is 0.153 e. The van der Waals surface area contributed by atoms with Crippen LogP contribution in [0, 0.1) is 5.41 Å². The molecule has 6 heteroatoms. The molecule has 0 saturated heterocycles. The van der Waals surface area contributed by atoms with Gasteiger partial charge in [-0.25, -0.2) is 0 Å². The van der Waals surface area contributed by atoms with Gasteiger partial charge in [0.05, 0.1) is 18.8 Å². The van der Waals surface area contributed by atoms with Crippen molar-refractivity contribution >= 4 is 5.84 Å². The van der Waals surface area contributed by atoms with Crippen LogP contribution in [0.15, 0.2) is 12.3 Å². The molecule has 88 valence electrons. The number of aliphatic hydroxyl groups excluding tert-OH is 2. The Morgan fingerprint density at radius 1 is 1.60 bits per heavy atom. The number of aliphatic hydroxyl groups is 2. The van der Waals surface area contributed by atoms with Crippen LogP contribution in [0.25, 0.3) is 0 Å². The fraction of sp³-hybridized carbons (Fsp3) is 0.667. The lowest BCUT2D eigenvalue weighted by Crippen LogP contribution is -2.40. The molecule has 0 radical (unpaired) electrons. The maximum atomic E-state index is 9.33. The smallest absolute Gasteiger partial charge is 0.153 e. The second-order valence-electron chi connectivity index (χ2n) is 3.25. The van der Waals surface area contributed by atoms with Gasteiger partial charge in [-0.05, 0) is 19.9 Å². The van der Waals surface area contributed by atoms with E-state index in [0.717, 1.165) is 0 Å². The lowest BCUT2D eigenvalue weighted by atomic mass is 10.3. The Morgan fingerprint density at radius 3 is 2.60 bits per heavy atom. The normalized spacial score (nSPS) is 17.3. The van der Waals surface area contributed by atoms with Gasteiger partial charge < -0.3 is 26.0 Å². The molecule has 0 rings (SSSR count). The highest BCUT2D eigenvalue weighted by molar-refractivity contribution is 5.88. The Hall–Kier alpha value is -1.11. The van der Waals surface area contributed by atoms with Gasteiger partial charge in [0.15, 0.2) is 6.23 Å². The van der Waals surface area contributed by atoms with Crippen molar-refractivity contribution < 1.29 is 14.9 Å². The number of nitrogens with two attached hydrogens (primary N) is 1. The molecule has 0 bridgehead atoms. The lowest BCUT2D eigenvalue weighted by molar-refractivity contribution is -0.0888. The molecular weight excluding hydrogens is 198 g/mol. The van der Waals surface area contributed by atoms with E-state index in [1.165, 1.54) is 12.3 Å². The van der Waals surface area contributed by atoms with Crippen molar-refractivity contribution in [3.63, 3.8) is 0 Å². The minimum absolute atomic E-state index is 0.0953. The summed E-state index contributed by atoms with van der Waals surface area (Å²) in [5.41, 5.74) is 5.10. The Morgan fingerprint density at radius 2 is 2.20 bits per heavy atom. The number of rotatable bonds is 7. The van der Waals surface area contributed by atoms with E-state index in [0.29, 0.717) is 0 Å². The largest absolute Gasteiger partial charge is 0.394 e. The fourth-order valence-electron chi connectivity index (χ4n) is 0.818. The molecule has 6 N–H and O–H groups in total. The summed E-state index contributed by atoms with van der Waals surface area (Å²) in [6, 6.07) is 0. The molecule has 0 aliphatic carbocycles. The first-order chi connectivity index (χ1) is 6.97. The number of amidine groups is 1. The quantitative estimate of drug-likeness (QED) is 0.216. The molecule has 0 amide bonds. The Kier molecular flexibility index (Phi) is 6.68. The average Bonchev–Trinajstić information content (AvgIpc) is 2.15. The highest BCUT2D eigenvalue weighted by Gasteiger charge is 2.16. The van der Waals surface area contributed by atoms with E-state index < -0.39 is 12.3 Å². The lowest BCUT2D eigenvalue weighted by Gasteiger charge is -2.23. The zero-order valence-electron chi connectivity index (χ0n) is 8.97. The van der Waals surface area contributed by atoms with Crippen LogP contribution in [0.5, 0.6) is 0 Å². The molecule has 0 saturated carbocycles. The predicted molar refractivity (Wildman–Crippen MR) is 57.3 cm³/mol. The van der Waals surface area contributed by atoms with Crippen LogP contribution in [0.1, 0.15) is 13.8 Å².